The van der Waals surface area contributed by atoms with Gasteiger partial charge in [0.05, 0.1) is 17.9 Å². The number of esters is 2. The molecule has 2 aromatic rings. The van der Waals surface area contributed by atoms with Crippen molar-refractivity contribution in [1.82, 2.24) is 0 Å². The lowest BCUT2D eigenvalue weighted by Crippen LogP contribution is -2.14. The van der Waals surface area contributed by atoms with Crippen LogP contribution in [-0.4, -0.2) is 11.9 Å². The van der Waals surface area contributed by atoms with Gasteiger partial charge in [-0.1, -0.05) is 29.3 Å². The van der Waals surface area contributed by atoms with Crippen molar-refractivity contribution in [3.8, 4) is 11.5 Å². The SMILES string of the molecule is O=C(CCC(=O)Oc1cccc(Cl)c1Cl)Oc1cc(F)cc(F)c1. The Kier molecular flexibility index (Phi) is 6.11. The fourth-order valence-electron chi connectivity index (χ4n) is 1.71. The maximum atomic E-state index is 13.0. The molecule has 0 aromatic heterocycles. The number of rotatable bonds is 5. The molecule has 0 radical (unpaired) electrons. The summed E-state index contributed by atoms with van der Waals surface area (Å²) in [5, 5.41) is 0.292. The number of ether oxygens (including phenoxy) is 2. The summed E-state index contributed by atoms with van der Waals surface area (Å²) in [7, 11) is 0. The van der Waals surface area contributed by atoms with Crippen LogP contribution in [0.1, 0.15) is 12.8 Å². The average Bonchev–Trinajstić information content (AvgIpc) is 2.49. The number of halogens is 4. The monoisotopic (exact) mass is 374 g/mol. The smallest absolute Gasteiger partial charge is 0.311 e. The Morgan fingerprint density at radius 2 is 1.50 bits per heavy atom. The van der Waals surface area contributed by atoms with Gasteiger partial charge in [0.2, 0.25) is 0 Å². The Morgan fingerprint density at radius 3 is 2.12 bits per heavy atom. The lowest BCUT2D eigenvalue weighted by atomic mass is 10.3. The van der Waals surface area contributed by atoms with Gasteiger partial charge in [0.25, 0.3) is 0 Å². The molecule has 2 rings (SSSR count). The minimum atomic E-state index is -0.882. The zero-order valence-corrected chi connectivity index (χ0v) is 13.5. The van der Waals surface area contributed by atoms with E-state index in [0.29, 0.717) is 6.07 Å². The standard InChI is InChI=1S/C16H10Cl2F2O4/c17-12-2-1-3-13(16(12)18)24-15(22)5-4-14(21)23-11-7-9(19)6-10(20)8-11/h1-3,6-8H,4-5H2. The highest BCUT2D eigenvalue weighted by Crippen LogP contribution is 2.31. The van der Waals surface area contributed by atoms with Crippen molar-refractivity contribution < 1.29 is 27.8 Å². The Bertz CT molecular complexity index is 760. The average molecular weight is 375 g/mol. The van der Waals surface area contributed by atoms with Gasteiger partial charge in [-0.05, 0) is 12.1 Å². The first-order valence-corrected chi connectivity index (χ1v) is 7.42. The summed E-state index contributed by atoms with van der Waals surface area (Å²) in [6.07, 6.45) is -0.644. The minimum Gasteiger partial charge on any atom is -0.426 e. The van der Waals surface area contributed by atoms with Crippen LogP contribution in [0.3, 0.4) is 0 Å². The number of hydrogen-bond acceptors (Lipinski definition) is 4. The van der Waals surface area contributed by atoms with Gasteiger partial charge >= 0.3 is 11.9 Å². The Balaban J connectivity index is 1.87. The summed E-state index contributed by atoms with van der Waals surface area (Å²) in [5.41, 5.74) is 0. The largest absolute Gasteiger partial charge is 0.426 e. The predicted octanol–water partition coefficient (Wildman–Crippen LogP) is 4.56. The van der Waals surface area contributed by atoms with Crippen molar-refractivity contribution in [2.45, 2.75) is 12.8 Å². The van der Waals surface area contributed by atoms with Gasteiger partial charge in [0.1, 0.15) is 22.4 Å². The molecule has 0 spiro atoms. The maximum Gasteiger partial charge on any atom is 0.311 e. The summed E-state index contributed by atoms with van der Waals surface area (Å²) in [5.74, 6) is -3.56. The van der Waals surface area contributed by atoms with Crippen LogP contribution in [0.4, 0.5) is 8.78 Å². The molecule has 0 aliphatic heterocycles. The number of carbonyl (C=O) groups excluding carboxylic acids is 2. The third-order valence-corrected chi connectivity index (χ3v) is 3.54. The third-order valence-electron chi connectivity index (χ3n) is 2.74. The molecule has 0 saturated heterocycles. The van der Waals surface area contributed by atoms with Gasteiger partial charge in [0.15, 0.2) is 5.75 Å². The van der Waals surface area contributed by atoms with E-state index in [0.717, 1.165) is 12.1 Å². The first kappa shape index (κ1) is 18.2. The summed E-state index contributed by atoms with van der Waals surface area (Å²) < 4.78 is 35.7. The highest BCUT2D eigenvalue weighted by molar-refractivity contribution is 6.43. The molecule has 0 saturated carbocycles. The molecule has 2 aromatic carbocycles. The van der Waals surface area contributed by atoms with Crippen LogP contribution >= 0.6 is 23.2 Å². The van der Waals surface area contributed by atoms with Gasteiger partial charge in [0, 0.05) is 18.2 Å². The third kappa shape index (κ3) is 5.18. The normalized spacial score (nSPS) is 10.3. The van der Waals surface area contributed by atoms with E-state index in [1.807, 2.05) is 0 Å². The van der Waals surface area contributed by atoms with Crippen LogP contribution in [0.5, 0.6) is 11.5 Å². The van der Waals surface area contributed by atoms with Gasteiger partial charge in [-0.3, -0.25) is 9.59 Å². The molecule has 0 aliphatic carbocycles. The van der Waals surface area contributed by atoms with E-state index in [-0.39, 0.29) is 34.4 Å². The van der Waals surface area contributed by atoms with Gasteiger partial charge in [-0.2, -0.15) is 0 Å². The van der Waals surface area contributed by atoms with E-state index >= 15 is 0 Å². The lowest BCUT2D eigenvalue weighted by Gasteiger charge is -2.07. The molecule has 0 atom stereocenters. The fraction of sp³-hybridized carbons (Fsp3) is 0.125. The Labute approximate surface area is 145 Å². The van der Waals surface area contributed by atoms with E-state index < -0.39 is 23.6 Å². The number of hydrogen-bond donors (Lipinski definition) is 0. The molecule has 0 heterocycles. The molecule has 0 amide bonds. The van der Waals surface area contributed by atoms with Crippen molar-refractivity contribution in [3.63, 3.8) is 0 Å². The van der Waals surface area contributed by atoms with Crippen molar-refractivity contribution in [1.29, 1.82) is 0 Å². The predicted molar refractivity (Wildman–Crippen MR) is 83.3 cm³/mol. The highest BCUT2D eigenvalue weighted by Gasteiger charge is 2.14. The molecule has 8 heteroatoms. The molecule has 0 unspecified atom stereocenters. The van der Waals surface area contributed by atoms with Gasteiger partial charge in [-0.15, -0.1) is 0 Å². The molecular formula is C16H10Cl2F2O4. The molecular weight excluding hydrogens is 365 g/mol. The van der Waals surface area contributed by atoms with Crippen molar-refractivity contribution >= 4 is 35.1 Å². The zero-order chi connectivity index (χ0) is 17.7. The summed E-state index contributed by atoms with van der Waals surface area (Å²) in [6.45, 7) is 0. The second-order valence-electron chi connectivity index (χ2n) is 4.61. The van der Waals surface area contributed by atoms with Crippen molar-refractivity contribution in [2.75, 3.05) is 0 Å². The quantitative estimate of drug-likeness (QED) is 0.568. The van der Waals surface area contributed by atoms with Crippen molar-refractivity contribution in [2.24, 2.45) is 0 Å². The first-order valence-electron chi connectivity index (χ1n) is 6.66. The number of benzene rings is 2. The summed E-state index contributed by atoms with van der Waals surface area (Å²) in [6, 6.07) is 6.86. The highest BCUT2D eigenvalue weighted by atomic mass is 35.5. The Morgan fingerprint density at radius 1 is 0.917 bits per heavy atom. The minimum absolute atomic E-state index is 0.0646. The summed E-state index contributed by atoms with van der Waals surface area (Å²) >= 11 is 11.6. The molecule has 126 valence electrons. The maximum absolute atomic E-state index is 13.0. The molecule has 24 heavy (non-hydrogen) atoms. The van der Waals surface area contributed by atoms with Crippen LogP contribution in [0.15, 0.2) is 36.4 Å². The van der Waals surface area contributed by atoms with Gasteiger partial charge < -0.3 is 9.47 Å². The summed E-state index contributed by atoms with van der Waals surface area (Å²) in [4.78, 5) is 23.3. The van der Waals surface area contributed by atoms with E-state index in [1.165, 1.54) is 12.1 Å². The van der Waals surface area contributed by atoms with Crippen LogP contribution in [0.25, 0.3) is 0 Å². The van der Waals surface area contributed by atoms with Crippen LogP contribution < -0.4 is 9.47 Å². The number of carbonyl (C=O) groups is 2. The molecule has 0 aliphatic rings. The lowest BCUT2D eigenvalue weighted by molar-refractivity contribution is -0.140. The van der Waals surface area contributed by atoms with Crippen molar-refractivity contribution in [3.05, 3.63) is 58.1 Å². The van der Waals surface area contributed by atoms with Crippen LogP contribution in [0, 0.1) is 11.6 Å². The van der Waals surface area contributed by atoms with E-state index in [2.05, 4.69) is 0 Å². The molecule has 0 bridgehead atoms. The molecule has 0 fully saturated rings. The Hall–Kier alpha value is -2.18. The van der Waals surface area contributed by atoms with E-state index in [9.17, 15) is 18.4 Å². The molecule has 0 N–H and O–H groups in total. The molecule has 4 nitrogen and oxygen atoms in total. The topological polar surface area (TPSA) is 52.6 Å². The van der Waals surface area contributed by atoms with Gasteiger partial charge in [-0.25, -0.2) is 8.78 Å². The van der Waals surface area contributed by atoms with Crippen LogP contribution in [0.2, 0.25) is 10.0 Å². The van der Waals surface area contributed by atoms with E-state index in [4.69, 9.17) is 32.7 Å². The zero-order valence-electron chi connectivity index (χ0n) is 12.0. The van der Waals surface area contributed by atoms with E-state index in [1.54, 1.807) is 6.07 Å². The second-order valence-corrected chi connectivity index (χ2v) is 5.39. The van der Waals surface area contributed by atoms with Crippen LogP contribution in [-0.2, 0) is 9.59 Å². The second kappa shape index (κ2) is 8.08. The first-order chi connectivity index (χ1) is 11.3. The fourth-order valence-corrected chi connectivity index (χ4v) is 2.04.